The molecule has 0 amide bonds. The van der Waals surface area contributed by atoms with E-state index in [0.29, 0.717) is 18.5 Å². The summed E-state index contributed by atoms with van der Waals surface area (Å²) in [5, 5.41) is 14.2. The first-order valence-electron chi connectivity index (χ1n) is 6.87. The molecule has 2 atom stereocenters. The lowest BCUT2D eigenvalue weighted by molar-refractivity contribution is 0.144. The number of aliphatic hydroxyl groups excluding tert-OH is 1. The Morgan fingerprint density at radius 1 is 1.33 bits per heavy atom. The monoisotopic (exact) mass is 267 g/mol. The quantitative estimate of drug-likeness (QED) is 0.792. The largest absolute Gasteiger partial charge is 0.392 e. The van der Waals surface area contributed by atoms with Crippen LogP contribution in [0.15, 0.2) is 24.3 Å². The first-order chi connectivity index (χ1) is 8.70. The molecule has 1 aromatic carbocycles. The van der Waals surface area contributed by atoms with Gasteiger partial charge in [0.05, 0.1) is 6.10 Å². The molecule has 0 bridgehead atoms. The van der Waals surface area contributed by atoms with E-state index in [0.717, 1.165) is 17.9 Å². The molecule has 2 unspecified atom stereocenters. The molecular formula is C15H22ClNO. The van der Waals surface area contributed by atoms with E-state index in [1.54, 1.807) is 0 Å². The second-order valence-corrected chi connectivity index (χ2v) is 5.64. The van der Waals surface area contributed by atoms with Crippen LogP contribution >= 0.6 is 11.6 Å². The Bertz CT molecular complexity index is 361. The number of rotatable bonds is 7. The van der Waals surface area contributed by atoms with E-state index in [2.05, 4.69) is 24.4 Å². The first kappa shape index (κ1) is 13.9. The number of hydrogen-bond donors (Lipinski definition) is 2. The van der Waals surface area contributed by atoms with Crippen LogP contribution in [-0.4, -0.2) is 17.8 Å². The SMILES string of the molecule is CCCC(NCC(O)C1CC1)c1ccc(Cl)cc1. The van der Waals surface area contributed by atoms with E-state index in [4.69, 9.17) is 11.6 Å². The van der Waals surface area contributed by atoms with Crippen LogP contribution < -0.4 is 5.32 Å². The van der Waals surface area contributed by atoms with Gasteiger partial charge in [0.1, 0.15) is 0 Å². The van der Waals surface area contributed by atoms with Crippen molar-refractivity contribution in [2.24, 2.45) is 5.92 Å². The van der Waals surface area contributed by atoms with Gasteiger partial charge in [-0.2, -0.15) is 0 Å². The Morgan fingerprint density at radius 3 is 2.56 bits per heavy atom. The molecule has 100 valence electrons. The lowest BCUT2D eigenvalue weighted by Crippen LogP contribution is -2.31. The van der Waals surface area contributed by atoms with E-state index in [1.807, 2.05) is 12.1 Å². The third-order valence-corrected chi connectivity index (χ3v) is 3.84. The van der Waals surface area contributed by atoms with Crippen molar-refractivity contribution < 1.29 is 5.11 Å². The van der Waals surface area contributed by atoms with Crippen LogP contribution in [-0.2, 0) is 0 Å². The van der Waals surface area contributed by atoms with E-state index >= 15 is 0 Å². The van der Waals surface area contributed by atoms with Crippen LogP contribution in [0.4, 0.5) is 0 Å². The maximum absolute atomic E-state index is 9.91. The fourth-order valence-electron chi connectivity index (χ4n) is 2.28. The van der Waals surface area contributed by atoms with Crippen molar-refractivity contribution in [3.05, 3.63) is 34.9 Å². The zero-order chi connectivity index (χ0) is 13.0. The Labute approximate surface area is 114 Å². The first-order valence-corrected chi connectivity index (χ1v) is 7.25. The molecule has 2 rings (SSSR count). The zero-order valence-electron chi connectivity index (χ0n) is 10.9. The molecule has 1 aliphatic rings. The van der Waals surface area contributed by atoms with Gasteiger partial charge in [-0.05, 0) is 42.9 Å². The summed E-state index contributed by atoms with van der Waals surface area (Å²) >= 11 is 5.91. The average molecular weight is 268 g/mol. The molecule has 1 aromatic rings. The van der Waals surface area contributed by atoms with Crippen molar-refractivity contribution >= 4 is 11.6 Å². The Morgan fingerprint density at radius 2 is 2.00 bits per heavy atom. The van der Waals surface area contributed by atoms with Crippen LogP contribution in [0.25, 0.3) is 0 Å². The molecule has 0 saturated heterocycles. The summed E-state index contributed by atoms with van der Waals surface area (Å²) in [7, 11) is 0. The van der Waals surface area contributed by atoms with Gasteiger partial charge < -0.3 is 10.4 Å². The highest BCUT2D eigenvalue weighted by molar-refractivity contribution is 6.30. The highest BCUT2D eigenvalue weighted by atomic mass is 35.5. The van der Waals surface area contributed by atoms with Gasteiger partial charge in [-0.3, -0.25) is 0 Å². The van der Waals surface area contributed by atoms with E-state index < -0.39 is 0 Å². The normalized spacial score (nSPS) is 18.6. The van der Waals surface area contributed by atoms with Crippen LogP contribution in [0.5, 0.6) is 0 Å². The molecule has 18 heavy (non-hydrogen) atoms. The molecule has 2 nitrogen and oxygen atoms in total. The summed E-state index contributed by atoms with van der Waals surface area (Å²) in [6.07, 6.45) is 4.39. The topological polar surface area (TPSA) is 32.3 Å². The summed E-state index contributed by atoms with van der Waals surface area (Å²) in [5.41, 5.74) is 1.25. The Hall–Kier alpha value is -0.570. The second kappa shape index (κ2) is 6.55. The van der Waals surface area contributed by atoms with Crippen molar-refractivity contribution in [3.63, 3.8) is 0 Å². The molecule has 0 aliphatic heterocycles. The summed E-state index contributed by atoms with van der Waals surface area (Å²) < 4.78 is 0. The summed E-state index contributed by atoms with van der Waals surface area (Å²) in [6.45, 7) is 2.87. The van der Waals surface area contributed by atoms with E-state index in [1.165, 1.54) is 18.4 Å². The van der Waals surface area contributed by atoms with Crippen LogP contribution in [0.1, 0.15) is 44.2 Å². The molecule has 3 heteroatoms. The minimum Gasteiger partial charge on any atom is -0.392 e. The standard InChI is InChI=1S/C15H22ClNO/c1-2-3-14(11-6-8-13(16)9-7-11)17-10-15(18)12-4-5-12/h6-9,12,14-15,17-18H,2-5,10H2,1H3. The lowest BCUT2D eigenvalue weighted by atomic mass is 10.0. The van der Waals surface area contributed by atoms with Crippen LogP contribution in [0.2, 0.25) is 5.02 Å². The van der Waals surface area contributed by atoms with Gasteiger partial charge in [0.25, 0.3) is 0 Å². The minimum atomic E-state index is -0.184. The van der Waals surface area contributed by atoms with Gasteiger partial charge in [-0.15, -0.1) is 0 Å². The van der Waals surface area contributed by atoms with Crippen molar-refractivity contribution in [1.82, 2.24) is 5.32 Å². The fourth-order valence-corrected chi connectivity index (χ4v) is 2.41. The van der Waals surface area contributed by atoms with Gasteiger partial charge in [0.15, 0.2) is 0 Å². The molecule has 0 aromatic heterocycles. The zero-order valence-corrected chi connectivity index (χ0v) is 11.7. The molecular weight excluding hydrogens is 246 g/mol. The maximum atomic E-state index is 9.91. The summed E-state index contributed by atoms with van der Waals surface area (Å²) in [6, 6.07) is 8.32. The Kier molecular flexibility index (Phi) is 5.04. The van der Waals surface area contributed by atoms with E-state index in [-0.39, 0.29) is 6.10 Å². The van der Waals surface area contributed by atoms with Crippen LogP contribution in [0.3, 0.4) is 0 Å². The van der Waals surface area contributed by atoms with Gasteiger partial charge >= 0.3 is 0 Å². The lowest BCUT2D eigenvalue weighted by Gasteiger charge is -2.21. The molecule has 0 spiro atoms. The number of halogens is 1. The summed E-state index contributed by atoms with van der Waals surface area (Å²) in [5.74, 6) is 0.532. The summed E-state index contributed by atoms with van der Waals surface area (Å²) in [4.78, 5) is 0. The third kappa shape index (κ3) is 3.98. The molecule has 1 fully saturated rings. The third-order valence-electron chi connectivity index (χ3n) is 3.59. The number of benzene rings is 1. The van der Waals surface area contributed by atoms with Gasteiger partial charge in [0.2, 0.25) is 0 Å². The molecule has 1 saturated carbocycles. The minimum absolute atomic E-state index is 0.184. The molecule has 2 N–H and O–H groups in total. The number of hydrogen-bond acceptors (Lipinski definition) is 2. The highest BCUT2D eigenvalue weighted by Gasteiger charge is 2.29. The average Bonchev–Trinajstić information content (AvgIpc) is 3.19. The number of nitrogens with one attached hydrogen (secondary N) is 1. The maximum Gasteiger partial charge on any atom is 0.0692 e. The van der Waals surface area contributed by atoms with Crippen molar-refractivity contribution in [2.75, 3.05) is 6.54 Å². The van der Waals surface area contributed by atoms with Crippen LogP contribution in [0, 0.1) is 5.92 Å². The van der Waals surface area contributed by atoms with Gasteiger partial charge in [-0.25, -0.2) is 0 Å². The smallest absolute Gasteiger partial charge is 0.0692 e. The van der Waals surface area contributed by atoms with E-state index in [9.17, 15) is 5.11 Å². The van der Waals surface area contributed by atoms with Gasteiger partial charge in [0, 0.05) is 17.6 Å². The van der Waals surface area contributed by atoms with Crippen molar-refractivity contribution in [3.8, 4) is 0 Å². The molecule has 0 heterocycles. The number of aliphatic hydroxyl groups is 1. The predicted octanol–water partition coefficient (Wildman–Crippen LogP) is 3.54. The molecule has 0 radical (unpaired) electrons. The van der Waals surface area contributed by atoms with Crippen molar-refractivity contribution in [1.29, 1.82) is 0 Å². The van der Waals surface area contributed by atoms with Crippen molar-refractivity contribution in [2.45, 2.75) is 44.8 Å². The predicted molar refractivity (Wildman–Crippen MR) is 75.8 cm³/mol. The molecule has 1 aliphatic carbocycles. The fraction of sp³-hybridized carbons (Fsp3) is 0.600. The second-order valence-electron chi connectivity index (χ2n) is 5.21. The van der Waals surface area contributed by atoms with Gasteiger partial charge in [-0.1, -0.05) is 37.1 Å². The highest BCUT2D eigenvalue weighted by Crippen LogP contribution is 2.32. The Balaban J connectivity index is 1.91.